The van der Waals surface area contributed by atoms with Crippen LogP contribution in [0.1, 0.15) is 30.6 Å². The third kappa shape index (κ3) is 2.68. The number of esters is 1. The highest BCUT2D eigenvalue weighted by Crippen LogP contribution is 2.43. The zero-order valence-corrected chi connectivity index (χ0v) is 12.5. The van der Waals surface area contributed by atoms with Crippen molar-refractivity contribution in [2.45, 2.75) is 26.4 Å². The zero-order chi connectivity index (χ0) is 15.1. The van der Waals surface area contributed by atoms with E-state index in [2.05, 4.69) is 0 Å². The minimum absolute atomic E-state index is 0.0642. The molecule has 1 aromatic carbocycles. The van der Waals surface area contributed by atoms with E-state index in [1.807, 2.05) is 0 Å². The predicted octanol–water partition coefficient (Wildman–Crippen LogP) is 3.86. The fraction of sp³-hybridized carbons (Fsp3) is 0.375. The summed E-state index contributed by atoms with van der Waals surface area (Å²) in [5, 5.41) is 1.19. The van der Waals surface area contributed by atoms with Gasteiger partial charge in [-0.15, -0.1) is 0 Å². The Balaban J connectivity index is 1.78. The summed E-state index contributed by atoms with van der Waals surface area (Å²) in [5.74, 6) is -0.972. The van der Waals surface area contributed by atoms with E-state index in [1.165, 1.54) is 6.26 Å². The molecule has 2 aromatic rings. The number of ether oxygens (including phenoxy) is 1. The lowest BCUT2D eigenvalue weighted by Crippen LogP contribution is -2.16. The Morgan fingerprint density at radius 1 is 1.33 bits per heavy atom. The molecular weight excluding hydrogens is 292 g/mol. The molecule has 3 rings (SSSR count). The second-order valence-corrected chi connectivity index (χ2v) is 6.00. The molecule has 110 valence electrons. The summed E-state index contributed by atoms with van der Waals surface area (Å²) < 4.78 is 10.4. The highest BCUT2D eigenvalue weighted by atomic mass is 35.5. The molecule has 5 heteroatoms. The second-order valence-electron chi connectivity index (χ2n) is 5.60. The molecule has 1 fully saturated rings. The first kappa shape index (κ1) is 14.1. The van der Waals surface area contributed by atoms with Crippen LogP contribution in [0.3, 0.4) is 0 Å². The Kier molecular flexibility index (Phi) is 3.49. The molecule has 21 heavy (non-hydrogen) atoms. The molecule has 1 aliphatic carbocycles. The summed E-state index contributed by atoms with van der Waals surface area (Å²) in [6.45, 7) is 3.59. The first-order chi connectivity index (χ1) is 9.97. The number of hydrogen-bond acceptors (Lipinski definition) is 4. The fourth-order valence-corrected chi connectivity index (χ4v) is 2.73. The van der Waals surface area contributed by atoms with Crippen molar-refractivity contribution in [2.75, 3.05) is 0 Å². The molecule has 0 spiro atoms. The lowest BCUT2D eigenvalue weighted by molar-refractivity contribution is -0.149. The molecule has 1 aliphatic rings. The monoisotopic (exact) mass is 306 g/mol. The van der Waals surface area contributed by atoms with Crippen molar-refractivity contribution in [3.63, 3.8) is 0 Å². The first-order valence-electron chi connectivity index (χ1n) is 6.89. The highest BCUT2D eigenvalue weighted by molar-refractivity contribution is 6.35. The van der Waals surface area contributed by atoms with E-state index in [0.717, 1.165) is 5.39 Å². The van der Waals surface area contributed by atoms with Gasteiger partial charge in [0, 0.05) is 16.9 Å². The van der Waals surface area contributed by atoms with E-state index in [-0.39, 0.29) is 29.7 Å². The van der Waals surface area contributed by atoms with Crippen LogP contribution in [-0.4, -0.2) is 17.9 Å². The van der Waals surface area contributed by atoms with Gasteiger partial charge in [0.15, 0.2) is 11.4 Å². The van der Waals surface area contributed by atoms with Crippen LogP contribution >= 0.6 is 11.6 Å². The van der Waals surface area contributed by atoms with E-state index in [1.54, 1.807) is 32.0 Å². The molecule has 2 atom stereocenters. The summed E-state index contributed by atoms with van der Waals surface area (Å²) in [4.78, 5) is 24.2. The van der Waals surface area contributed by atoms with Crippen molar-refractivity contribution in [1.82, 2.24) is 0 Å². The van der Waals surface area contributed by atoms with Crippen molar-refractivity contribution in [1.29, 1.82) is 0 Å². The summed E-state index contributed by atoms with van der Waals surface area (Å²) in [5.41, 5.74) is 1.08. The lowest BCUT2D eigenvalue weighted by atomic mass is 10.0. The van der Waals surface area contributed by atoms with Gasteiger partial charge in [-0.25, -0.2) is 0 Å². The number of furan rings is 1. The maximum absolute atomic E-state index is 12.4. The van der Waals surface area contributed by atoms with E-state index in [0.29, 0.717) is 22.6 Å². The molecule has 1 saturated carbocycles. The quantitative estimate of drug-likeness (QED) is 0.636. The molecule has 0 radical (unpaired) electrons. The smallest absolute Gasteiger partial charge is 0.309 e. The number of rotatable bonds is 4. The van der Waals surface area contributed by atoms with Crippen LogP contribution in [0.15, 0.2) is 28.9 Å². The largest absolute Gasteiger partial charge is 0.463 e. The Bertz CT molecular complexity index is 716. The normalized spacial score (nSPS) is 20.8. The molecule has 0 bridgehead atoms. The molecule has 1 aromatic heterocycles. The van der Waals surface area contributed by atoms with Crippen LogP contribution < -0.4 is 0 Å². The number of carbonyl (C=O) groups is 2. The van der Waals surface area contributed by atoms with Crippen molar-refractivity contribution in [2.24, 2.45) is 11.8 Å². The molecular formula is C16H15ClO4. The van der Waals surface area contributed by atoms with Gasteiger partial charge in [-0.3, -0.25) is 9.59 Å². The van der Waals surface area contributed by atoms with Crippen LogP contribution in [0.25, 0.3) is 11.0 Å². The Morgan fingerprint density at radius 3 is 2.81 bits per heavy atom. The number of benzene rings is 1. The van der Waals surface area contributed by atoms with Crippen LogP contribution in [0.4, 0.5) is 0 Å². The molecule has 0 unspecified atom stereocenters. The Hall–Kier alpha value is -1.81. The molecule has 0 amide bonds. The number of fused-ring (bicyclic) bond motifs is 1. The van der Waals surface area contributed by atoms with Crippen LogP contribution in [0.2, 0.25) is 5.02 Å². The number of hydrogen-bond donors (Lipinski definition) is 0. The first-order valence-corrected chi connectivity index (χ1v) is 7.26. The third-order valence-electron chi connectivity index (χ3n) is 3.57. The maximum Gasteiger partial charge on any atom is 0.309 e. The molecule has 0 saturated heterocycles. The number of halogens is 1. The molecule has 4 nitrogen and oxygen atoms in total. The van der Waals surface area contributed by atoms with Gasteiger partial charge in [0.05, 0.1) is 23.3 Å². The van der Waals surface area contributed by atoms with Gasteiger partial charge in [0.25, 0.3) is 0 Å². The molecule has 0 N–H and O–H groups in total. The Labute approximate surface area is 127 Å². The second kappa shape index (κ2) is 5.19. The molecule has 0 aliphatic heterocycles. The summed E-state index contributed by atoms with van der Waals surface area (Å²) in [7, 11) is 0. The van der Waals surface area contributed by atoms with Crippen molar-refractivity contribution < 1.29 is 18.7 Å². The van der Waals surface area contributed by atoms with Gasteiger partial charge in [-0.05, 0) is 38.5 Å². The van der Waals surface area contributed by atoms with Gasteiger partial charge in [-0.1, -0.05) is 11.6 Å². The number of carbonyl (C=O) groups excluding carboxylic acids is 2. The number of ketones is 1. The minimum Gasteiger partial charge on any atom is -0.463 e. The van der Waals surface area contributed by atoms with E-state index in [9.17, 15) is 9.59 Å². The third-order valence-corrected chi connectivity index (χ3v) is 3.85. The predicted molar refractivity (Wildman–Crippen MR) is 78.4 cm³/mol. The van der Waals surface area contributed by atoms with E-state index < -0.39 is 0 Å². The Morgan fingerprint density at radius 2 is 2.10 bits per heavy atom. The van der Waals surface area contributed by atoms with Crippen molar-refractivity contribution >= 4 is 34.3 Å². The van der Waals surface area contributed by atoms with Gasteiger partial charge < -0.3 is 9.15 Å². The van der Waals surface area contributed by atoms with Crippen molar-refractivity contribution in [3.05, 3.63) is 35.0 Å². The summed E-state index contributed by atoms with van der Waals surface area (Å²) in [6, 6.07) is 5.10. The average molecular weight is 307 g/mol. The molecule has 1 heterocycles. The highest BCUT2D eigenvalue weighted by Gasteiger charge is 2.49. The van der Waals surface area contributed by atoms with Crippen LogP contribution in [0.5, 0.6) is 0 Å². The topological polar surface area (TPSA) is 56.5 Å². The zero-order valence-electron chi connectivity index (χ0n) is 11.8. The average Bonchev–Trinajstić information content (AvgIpc) is 3.07. The SMILES string of the molecule is CC(C)OC(=O)[C@H]1C[C@@H]1C(=O)c1cc(Cl)c2occc2c1. The number of Topliss-reactive ketones (excluding diaryl/α,β-unsaturated/α-hetero) is 1. The summed E-state index contributed by atoms with van der Waals surface area (Å²) in [6.07, 6.45) is 1.92. The van der Waals surface area contributed by atoms with E-state index in [4.69, 9.17) is 20.8 Å². The minimum atomic E-state index is -0.321. The van der Waals surface area contributed by atoms with Gasteiger partial charge in [0.1, 0.15) is 0 Å². The fourth-order valence-electron chi connectivity index (χ4n) is 2.46. The standard InChI is InChI=1S/C16H15ClO4/c1-8(2)21-16(19)12-7-11(12)14(18)10-5-9-3-4-20-15(9)13(17)6-10/h3-6,8,11-12H,7H2,1-2H3/t11-,12-/m0/s1. The van der Waals surface area contributed by atoms with E-state index >= 15 is 0 Å². The maximum atomic E-state index is 12.4. The van der Waals surface area contributed by atoms with Crippen LogP contribution in [-0.2, 0) is 9.53 Å². The van der Waals surface area contributed by atoms with Gasteiger partial charge >= 0.3 is 5.97 Å². The summed E-state index contributed by atoms with van der Waals surface area (Å²) >= 11 is 6.10. The van der Waals surface area contributed by atoms with Crippen molar-refractivity contribution in [3.8, 4) is 0 Å². The van der Waals surface area contributed by atoms with Crippen LogP contribution in [0, 0.1) is 11.8 Å². The van der Waals surface area contributed by atoms with Gasteiger partial charge in [-0.2, -0.15) is 0 Å². The van der Waals surface area contributed by atoms with Gasteiger partial charge in [0.2, 0.25) is 0 Å². The lowest BCUT2D eigenvalue weighted by Gasteiger charge is -2.07.